The van der Waals surface area contributed by atoms with Crippen molar-refractivity contribution in [2.24, 2.45) is 0 Å². The van der Waals surface area contributed by atoms with Crippen molar-refractivity contribution in [3.8, 4) is 0 Å². The SMILES string of the molecule is Cc1ccccc1/C=C1\C(=O)NC(=O)N(c2ccccc2)C1=O. The van der Waals surface area contributed by atoms with Crippen LogP contribution in [0, 0.1) is 6.92 Å². The lowest BCUT2D eigenvalue weighted by molar-refractivity contribution is -0.122. The second kappa shape index (κ2) is 5.88. The molecule has 114 valence electrons. The van der Waals surface area contributed by atoms with E-state index >= 15 is 0 Å². The minimum Gasteiger partial charge on any atom is -0.273 e. The number of carbonyl (C=O) groups is 3. The average Bonchev–Trinajstić information content (AvgIpc) is 2.54. The van der Waals surface area contributed by atoms with E-state index in [4.69, 9.17) is 0 Å². The number of hydrogen-bond acceptors (Lipinski definition) is 3. The highest BCUT2D eigenvalue weighted by Gasteiger charge is 2.36. The van der Waals surface area contributed by atoms with E-state index in [1.807, 2.05) is 31.2 Å². The third kappa shape index (κ3) is 2.76. The van der Waals surface area contributed by atoms with Gasteiger partial charge in [0, 0.05) is 0 Å². The smallest absolute Gasteiger partial charge is 0.273 e. The number of nitrogens with zero attached hydrogens (tertiary/aromatic N) is 1. The number of rotatable bonds is 2. The predicted octanol–water partition coefficient (Wildman–Crippen LogP) is 2.66. The summed E-state index contributed by atoms with van der Waals surface area (Å²) in [6.07, 6.45) is 1.51. The summed E-state index contributed by atoms with van der Waals surface area (Å²) >= 11 is 0. The van der Waals surface area contributed by atoms with Crippen molar-refractivity contribution in [2.75, 3.05) is 4.90 Å². The number of nitrogens with one attached hydrogen (secondary N) is 1. The molecular weight excluding hydrogens is 292 g/mol. The van der Waals surface area contributed by atoms with Crippen LogP contribution in [-0.4, -0.2) is 17.8 Å². The predicted molar refractivity (Wildman–Crippen MR) is 86.6 cm³/mol. The topological polar surface area (TPSA) is 66.5 Å². The Labute approximate surface area is 133 Å². The highest BCUT2D eigenvalue weighted by Crippen LogP contribution is 2.22. The fraction of sp³-hybridized carbons (Fsp3) is 0.0556. The fourth-order valence-corrected chi connectivity index (χ4v) is 2.37. The Morgan fingerprint density at radius 1 is 0.913 bits per heavy atom. The van der Waals surface area contributed by atoms with Gasteiger partial charge in [0.05, 0.1) is 5.69 Å². The van der Waals surface area contributed by atoms with E-state index in [-0.39, 0.29) is 5.57 Å². The van der Waals surface area contributed by atoms with Gasteiger partial charge in [-0.3, -0.25) is 14.9 Å². The van der Waals surface area contributed by atoms with E-state index in [9.17, 15) is 14.4 Å². The maximum Gasteiger partial charge on any atom is 0.335 e. The van der Waals surface area contributed by atoms with Crippen molar-refractivity contribution < 1.29 is 14.4 Å². The van der Waals surface area contributed by atoms with Gasteiger partial charge in [-0.15, -0.1) is 0 Å². The summed E-state index contributed by atoms with van der Waals surface area (Å²) in [6, 6.07) is 15.2. The second-order valence-electron chi connectivity index (χ2n) is 5.15. The molecule has 2 aromatic carbocycles. The largest absolute Gasteiger partial charge is 0.335 e. The van der Waals surface area contributed by atoms with Gasteiger partial charge in [-0.05, 0) is 36.3 Å². The standard InChI is InChI=1S/C18H14N2O3/c1-12-7-5-6-8-13(12)11-15-16(21)19-18(23)20(17(15)22)14-9-3-2-4-10-14/h2-11H,1H3,(H,19,21,23)/b15-11+. The van der Waals surface area contributed by atoms with Gasteiger partial charge in [-0.1, -0.05) is 42.5 Å². The molecule has 1 aliphatic rings. The molecule has 1 fully saturated rings. The van der Waals surface area contributed by atoms with E-state index < -0.39 is 17.8 Å². The Morgan fingerprint density at radius 2 is 1.57 bits per heavy atom. The molecule has 5 nitrogen and oxygen atoms in total. The number of imide groups is 2. The van der Waals surface area contributed by atoms with Crippen LogP contribution in [0.3, 0.4) is 0 Å². The van der Waals surface area contributed by atoms with Gasteiger partial charge in [0.15, 0.2) is 0 Å². The number of benzene rings is 2. The molecule has 0 spiro atoms. The van der Waals surface area contributed by atoms with Crippen molar-refractivity contribution in [3.63, 3.8) is 0 Å². The summed E-state index contributed by atoms with van der Waals surface area (Å²) in [5, 5.41) is 2.21. The van der Waals surface area contributed by atoms with Crippen LogP contribution in [0.5, 0.6) is 0 Å². The molecule has 5 heteroatoms. The molecule has 0 radical (unpaired) electrons. The van der Waals surface area contributed by atoms with Gasteiger partial charge < -0.3 is 0 Å². The molecule has 0 saturated carbocycles. The van der Waals surface area contributed by atoms with E-state index in [0.29, 0.717) is 5.69 Å². The Bertz CT molecular complexity index is 825. The van der Waals surface area contributed by atoms with Crippen LogP contribution >= 0.6 is 0 Å². The second-order valence-corrected chi connectivity index (χ2v) is 5.15. The maximum atomic E-state index is 12.6. The van der Waals surface area contributed by atoms with Gasteiger partial charge in [-0.25, -0.2) is 9.69 Å². The normalized spacial score (nSPS) is 16.7. The highest BCUT2D eigenvalue weighted by atomic mass is 16.2. The van der Waals surface area contributed by atoms with E-state index in [1.165, 1.54) is 6.08 Å². The first kappa shape index (κ1) is 14.7. The number of para-hydroxylation sites is 1. The third-order valence-electron chi connectivity index (χ3n) is 3.60. The Hall–Kier alpha value is -3.21. The van der Waals surface area contributed by atoms with Crippen LogP contribution < -0.4 is 10.2 Å². The number of amides is 4. The number of hydrogen-bond donors (Lipinski definition) is 1. The molecule has 4 amide bonds. The Morgan fingerprint density at radius 3 is 2.26 bits per heavy atom. The van der Waals surface area contributed by atoms with E-state index in [2.05, 4.69) is 5.32 Å². The molecule has 0 bridgehead atoms. The summed E-state index contributed by atoms with van der Waals surface area (Å²) in [7, 11) is 0. The number of aryl methyl sites for hydroxylation is 1. The van der Waals surface area contributed by atoms with Crippen molar-refractivity contribution in [1.82, 2.24) is 5.32 Å². The first-order valence-corrected chi connectivity index (χ1v) is 7.10. The van der Waals surface area contributed by atoms with Crippen LogP contribution in [0.15, 0.2) is 60.2 Å². The van der Waals surface area contributed by atoms with E-state index in [1.54, 1.807) is 30.3 Å². The monoisotopic (exact) mass is 306 g/mol. The van der Waals surface area contributed by atoms with Crippen molar-refractivity contribution in [2.45, 2.75) is 6.92 Å². The zero-order valence-electron chi connectivity index (χ0n) is 12.4. The highest BCUT2D eigenvalue weighted by molar-refractivity contribution is 6.39. The van der Waals surface area contributed by atoms with Gasteiger partial charge in [0.2, 0.25) is 0 Å². The molecule has 0 aromatic heterocycles. The molecular formula is C18H14N2O3. The van der Waals surface area contributed by atoms with Crippen LogP contribution in [0.25, 0.3) is 6.08 Å². The molecule has 1 heterocycles. The molecule has 0 aliphatic carbocycles. The molecule has 1 saturated heterocycles. The van der Waals surface area contributed by atoms with Crippen molar-refractivity contribution in [3.05, 3.63) is 71.3 Å². The minimum atomic E-state index is -0.742. The molecule has 23 heavy (non-hydrogen) atoms. The van der Waals surface area contributed by atoms with Crippen molar-refractivity contribution >= 4 is 29.6 Å². The third-order valence-corrected chi connectivity index (χ3v) is 3.60. The molecule has 0 atom stereocenters. The summed E-state index contributed by atoms with van der Waals surface area (Å²) in [4.78, 5) is 37.7. The Kier molecular flexibility index (Phi) is 3.76. The lowest BCUT2D eigenvalue weighted by Crippen LogP contribution is -2.54. The summed E-state index contributed by atoms with van der Waals surface area (Å²) in [6.45, 7) is 1.89. The van der Waals surface area contributed by atoms with Crippen LogP contribution in [-0.2, 0) is 9.59 Å². The van der Waals surface area contributed by atoms with Crippen LogP contribution in [0.1, 0.15) is 11.1 Å². The number of urea groups is 1. The molecule has 2 aromatic rings. The summed E-state index contributed by atoms with van der Waals surface area (Å²) in [5.74, 6) is -1.32. The Balaban J connectivity index is 2.04. The maximum absolute atomic E-state index is 12.6. The fourth-order valence-electron chi connectivity index (χ4n) is 2.37. The van der Waals surface area contributed by atoms with Crippen LogP contribution in [0.4, 0.5) is 10.5 Å². The first-order chi connectivity index (χ1) is 11.1. The molecule has 0 unspecified atom stereocenters. The minimum absolute atomic E-state index is 0.0669. The molecule has 1 N–H and O–H groups in total. The summed E-state index contributed by atoms with van der Waals surface area (Å²) in [5.41, 5.74) is 2.04. The number of carbonyl (C=O) groups excluding carboxylic acids is 3. The summed E-state index contributed by atoms with van der Waals surface area (Å²) < 4.78 is 0. The lowest BCUT2D eigenvalue weighted by Gasteiger charge is -2.26. The zero-order chi connectivity index (χ0) is 16.4. The first-order valence-electron chi connectivity index (χ1n) is 7.10. The van der Waals surface area contributed by atoms with Gasteiger partial charge in [0.25, 0.3) is 11.8 Å². The average molecular weight is 306 g/mol. The zero-order valence-corrected chi connectivity index (χ0v) is 12.4. The number of barbiturate groups is 1. The quantitative estimate of drug-likeness (QED) is 0.685. The van der Waals surface area contributed by atoms with Crippen LogP contribution in [0.2, 0.25) is 0 Å². The van der Waals surface area contributed by atoms with Gasteiger partial charge in [0.1, 0.15) is 5.57 Å². The molecule has 3 rings (SSSR count). The lowest BCUT2D eigenvalue weighted by atomic mass is 10.0. The molecule has 1 aliphatic heterocycles. The van der Waals surface area contributed by atoms with E-state index in [0.717, 1.165) is 16.0 Å². The number of anilines is 1. The van der Waals surface area contributed by atoms with Crippen molar-refractivity contribution in [1.29, 1.82) is 0 Å². The van der Waals surface area contributed by atoms with Gasteiger partial charge in [-0.2, -0.15) is 0 Å². The van der Waals surface area contributed by atoms with Gasteiger partial charge >= 0.3 is 6.03 Å².